The Morgan fingerprint density at radius 1 is 1.12 bits per heavy atom. The highest BCUT2D eigenvalue weighted by molar-refractivity contribution is 7.57. The van der Waals surface area contributed by atoms with E-state index in [9.17, 15) is 0 Å². The van der Waals surface area contributed by atoms with Gasteiger partial charge in [0.05, 0.1) is 0 Å². The van der Waals surface area contributed by atoms with Crippen molar-refractivity contribution in [1.82, 2.24) is 0 Å². The maximum absolute atomic E-state index is 2.39. The van der Waals surface area contributed by atoms with Gasteiger partial charge in [-0.2, -0.15) is 0 Å². The van der Waals surface area contributed by atoms with Gasteiger partial charge in [-0.1, -0.05) is 13.8 Å². The summed E-state index contributed by atoms with van der Waals surface area (Å²) in [5.41, 5.74) is 2.09. The zero-order chi connectivity index (χ0) is 5.98. The lowest BCUT2D eigenvalue weighted by atomic mass is 10.3. The first-order valence-electron chi connectivity index (χ1n) is 3.26. The molecular formula is C6H14P2. The Kier molecular flexibility index (Phi) is 2.73. The Morgan fingerprint density at radius 3 is 1.88 bits per heavy atom. The van der Waals surface area contributed by atoms with Crippen molar-refractivity contribution < 1.29 is 0 Å². The summed E-state index contributed by atoms with van der Waals surface area (Å²) in [6, 6.07) is 0. The fraction of sp³-hybridized carbons (Fsp3) is 1.00. The summed E-state index contributed by atoms with van der Waals surface area (Å²) in [7, 11) is 2.55. The quantitative estimate of drug-likeness (QED) is 0.463. The van der Waals surface area contributed by atoms with Crippen LogP contribution in [0.25, 0.3) is 0 Å². The molecule has 0 aromatic heterocycles. The van der Waals surface area contributed by atoms with Gasteiger partial charge >= 0.3 is 0 Å². The molecule has 4 atom stereocenters. The van der Waals surface area contributed by atoms with Gasteiger partial charge in [0.25, 0.3) is 0 Å². The van der Waals surface area contributed by atoms with Crippen LogP contribution in [0.5, 0.6) is 0 Å². The first-order chi connectivity index (χ1) is 3.79. The van der Waals surface area contributed by atoms with Crippen molar-refractivity contribution in [3.05, 3.63) is 0 Å². The van der Waals surface area contributed by atoms with Crippen molar-refractivity contribution in [2.45, 2.75) is 31.6 Å². The third kappa shape index (κ3) is 2.00. The first-order valence-corrected chi connectivity index (χ1v) is 5.82. The minimum absolute atomic E-state index is 1.05. The molecule has 0 spiro atoms. The second kappa shape index (κ2) is 3.14. The summed E-state index contributed by atoms with van der Waals surface area (Å²) in [5, 5.41) is 0. The zero-order valence-corrected chi connectivity index (χ0v) is 7.57. The van der Waals surface area contributed by atoms with E-state index in [1.54, 1.807) is 0 Å². The maximum Gasteiger partial charge on any atom is -0.0171 e. The molecule has 1 heterocycles. The van der Waals surface area contributed by atoms with Crippen molar-refractivity contribution >= 4 is 17.2 Å². The van der Waals surface area contributed by atoms with Crippen LogP contribution < -0.4 is 0 Å². The minimum Gasteiger partial charge on any atom is -0.115 e. The molecule has 1 fully saturated rings. The van der Waals surface area contributed by atoms with E-state index in [1.807, 2.05) is 0 Å². The summed E-state index contributed by atoms with van der Waals surface area (Å²) in [6.45, 7) is 4.77. The van der Waals surface area contributed by atoms with Gasteiger partial charge in [0.1, 0.15) is 0 Å². The molecule has 0 radical (unpaired) electrons. The van der Waals surface area contributed by atoms with Gasteiger partial charge in [0.2, 0.25) is 0 Å². The second-order valence-electron chi connectivity index (χ2n) is 2.62. The third-order valence-electron chi connectivity index (χ3n) is 1.61. The highest BCUT2D eigenvalue weighted by Gasteiger charge is 2.13. The molecule has 1 aliphatic rings. The van der Waals surface area contributed by atoms with E-state index in [4.69, 9.17) is 0 Å². The maximum atomic E-state index is 2.39. The lowest BCUT2D eigenvalue weighted by Crippen LogP contribution is -2.08. The van der Waals surface area contributed by atoms with Crippen LogP contribution in [0.4, 0.5) is 0 Å². The molecule has 0 nitrogen and oxygen atoms in total. The number of rotatable bonds is 0. The SMILES string of the molecule is CC1CC(C)PCP1. The fourth-order valence-electron chi connectivity index (χ4n) is 1.10. The number of hydrogen-bond donors (Lipinski definition) is 0. The highest BCUT2D eigenvalue weighted by Crippen LogP contribution is 2.41. The van der Waals surface area contributed by atoms with Crippen LogP contribution in [0, 0.1) is 0 Å². The molecule has 0 aromatic carbocycles. The molecule has 0 aromatic rings. The van der Waals surface area contributed by atoms with Crippen LogP contribution in [0.15, 0.2) is 0 Å². The Hall–Kier alpha value is 0.860. The van der Waals surface area contributed by atoms with Gasteiger partial charge in [-0.25, -0.2) is 0 Å². The molecule has 4 unspecified atom stereocenters. The standard InChI is InChI=1S/C6H14P2/c1-5-3-6(2)8-4-7-5/h5-8H,3-4H2,1-2H3. The Morgan fingerprint density at radius 2 is 1.62 bits per heavy atom. The van der Waals surface area contributed by atoms with E-state index < -0.39 is 0 Å². The van der Waals surface area contributed by atoms with Crippen LogP contribution in [0.2, 0.25) is 0 Å². The summed E-state index contributed by atoms with van der Waals surface area (Å²) >= 11 is 0. The molecule has 0 saturated carbocycles. The summed E-state index contributed by atoms with van der Waals surface area (Å²) in [6.07, 6.45) is 1.50. The smallest absolute Gasteiger partial charge is 0.0171 e. The van der Waals surface area contributed by atoms with Crippen molar-refractivity contribution in [2.24, 2.45) is 0 Å². The van der Waals surface area contributed by atoms with Crippen LogP contribution in [0.1, 0.15) is 20.3 Å². The van der Waals surface area contributed by atoms with E-state index in [0.717, 1.165) is 11.3 Å². The molecule has 0 amide bonds. The molecule has 1 rings (SSSR count). The van der Waals surface area contributed by atoms with Gasteiger partial charge in [-0.3, -0.25) is 0 Å². The van der Waals surface area contributed by atoms with Gasteiger partial charge in [-0.15, -0.1) is 17.2 Å². The van der Waals surface area contributed by atoms with Gasteiger partial charge < -0.3 is 0 Å². The monoisotopic (exact) mass is 148 g/mol. The predicted octanol–water partition coefficient (Wildman–Crippen LogP) is 2.48. The van der Waals surface area contributed by atoms with Crippen molar-refractivity contribution in [3.63, 3.8) is 0 Å². The average molecular weight is 148 g/mol. The molecule has 8 heavy (non-hydrogen) atoms. The number of hydrogen-bond acceptors (Lipinski definition) is 0. The lowest BCUT2D eigenvalue weighted by molar-refractivity contribution is 0.788. The van der Waals surface area contributed by atoms with Crippen LogP contribution in [0.3, 0.4) is 0 Å². The van der Waals surface area contributed by atoms with Crippen molar-refractivity contribution in [3.8, 4) is 0 Å². The predicted molar refractivity (Wildman–Crippen MR) is 45.0 cm³/mol. The lowest BCUT2D eigenvalue weighted by Gasteiger charge is -2.23. The third-order valence-corrected chi connectivity index (χ3v) is 5.11. The van der Waals surface area contributed by atoms with E-state index in [1.165, 1.54) is 29.5 Å². The topological polar surface area (TPSA) is 0 Å². The summed E-state index contributed by atoms with van der Waals surface area (Å²) in [5.74, 6) is 1.53. The second-order valence-corrected chi connectivity index (χ2v) is 6.82. The van der Waals surface area contributed by atoms with E-state index in [2.05, 4.69) is 13.8 Å². The molecule has 2 heteroatoms. The normalized spacial score (nSPS) is 45.8. The van der Waals surface area contributed by atoms with Crippen LogP contribution in [-0.4, -0.2) is 17.2 Å². The zero-order valence-electron chi connectivity index (χ0n) is 5.57. The van der Waals surface area contributed by atoms with Crippen LogP contribution >= 0.6 is 17.2 Å². The molecule has 1 aliphatic heterocycles. The molecule has 1 saturated heterocycles. The average Bonchev–Trinajstić information content (AvgIpc) is 1.64. The minimum atomic E-state index is 1.05. The van der Waals surface area contributed by atoms with Crippen LogP contribution in [-0.2, 0) is 0 Å². The Labute approximate surface area is 55.4 Å². The molecule has 48 valence electrons. The van der Waals surface area contributed by atoms with Gasteiger partial charge in [0.15, 0.2) is 0 Å². The molecule has 0 N–H and O–H groups in total. The Balaban J connectivity index is 2.23. The first kappa shape index (κ1) is 6.97. The fourth-order valence-corrected chi connectivity index (χ4v) is 5.64. The molecule has 0 bridgehead atoms. The van der Waals surface area contributed by atoms with E-state index in [0.29, 0.717) is 0 Å². The summed E-state index contributed by atoms with van der Waals surface area (Å²) in [4.78, 5) is 0. The molecular weight excluding hydrogens is 134 g/mol. The highest BCUT2D eigenvalue weighted by atomic mass is 31.1. The van der Waals surface area contributed by atoms with Crippen molar-refractivity contribution in [1.29, 1.82) is 0 Å². The van der Waals surface area contributed by atoms with Crippen molar-refractivity contribution in [2.75, 3.05) is 5.90 Å². The summed E-state index contributed by atoms with van der Waals surface area (Å²) < 4.78 is 0. The van der Waals surface area contributed by atoms with Gasteiger partial charge in [0, 0.05) is 0 Å². The van der Waals surface area contributed by atoms with E-state index >= 15 is 0 Å². The largest absolute Gasteiger partial charge is 0.115 e. The Bertz CT molecular complexity index is 64.9. The van der Waals surface area contributed by atoms with Gasteiger partial charge in [-0.05, 0) is 23.6 Å². The van der Waals surface area contributed by atoms with E-state index in [-0.39, 0.29) is 0 Å². The molecule has 0 aliphatic carbocycles.